The number of benzene rings is 1. The van der Waals surface area contributed by atoms with Crippen LogP contribution in [-0.4, -0.2) is 14.3 Å². The van der Waals surface area contributed by atoms with Gasteiger partial charge >= 0.3 is 6.18 Å². The van der Waals surface area contributed by atoms with Gasteiger partial charge in [0, 0.05) is 10.2 Å². The van der Waals surface area contributed by atoms with Gasteiger partial charge in [0.1, 0.15) is 0 Å². The van der Waals surface area contributed by atoms with E-state index < -0.39 is 14.3 Å². The van der Waals surface area contributed by atoms with Crippen molar-refractivity contribution in [1.82, 2.24) is 0 Å². The molecule has 0 fully saturated rings. The minimum atomic E-state index is -4.26. The molecule has 0 unspecified atom stereocenters. The van der Waals surface area contributed by atoms with Crippen molar-refractivity contribution in [3.8, 4) is 0 Å². The summed E-state index contributed by atoms with van der Waals surface area (Å²) in [4.78, 5) is 0. The molecule has 0 spiro atoms. The topological polar surface area (TPSA) is 0 Å². The highest BCUT2D eigenvalue weighted by atomic mass is 35.5. The molecule has 0 heterocycles. The highest BCUT2D eigenvalue weighted by Gasteiger charge is 2.46. The van der Waals surface area contributed by atoms with Crippen molar-refractivity contribution >= 4 is 25.8 Å². The van der Waals surface area contributed by atoms with Gasteiger partial charge in [-0.05, 0) is 17.7 Å². The van der Waals surface area contributed by atoms with Crippen LogP contribution < -0.4 is 0 Å². The van der Waals surface area contributed by atoms with Gasteiger partial charge in [-0.2, -0.15) is 13.2 Å². The molecule has 0 N–H and O–H groups in total. The van der Waals surface area contributed by atoms with Crippen LogP contribution in [0, 0.1) is 0 Å². The van der Waals surface area contributed by atoms with E-state index in [1.807, 2.05) is 20.8 Å². The zero-order valence-corrected chi connectivity index (χ0v) is 13.8. The van der Waals surface area contributed by atoms with Gasteiger partial charge < -0.3 is 0 Å². The molecule has 0 aliphatic heterocycles. The van der Waals surface area contributed by atoms with Gasteiger partial charge in [0.25, 0.3) is 0 Å². The summed E-state index contributed by atoms with van der Waals surface area (Å²) in [5.41, 5.74) is 0.564. The predicted molar refractivity (Wildman–Crippen MR) is 82.7 cm³/mol. The van der Waals surface area contributed by atoms with Crippen molar-refractivity contribution in [2.75, 3.05) is 0 Å². The van der Waals surface area contributed by atoms with Crippen molar-refractivity contribution in [1.29, 1.82) is 0 Å². The Labute approximate surface area is 124 Å². The van der Waals surface area contributed by atoms with Gasteiger partial charge in [-0.25, -0.2) is 0 Å². The summed E-state index contributed by atoms with van der Waals surface area (Å²) in [5, 5.41) is 0.223. The molecule has 1 rings (SSSR count). The van der Waals surface area contributed by atoms with E-state index in [1.54, 1.807) is 24.3 Å². The van der Waals surface area contributed by atoms with E-state index in [9.17, 15) is 13.2 Å². The third-order valence-electron chi connectivity index (χ3n) is 4.09. The quantitative estimate of drug-likeness (QED) is 0.556. The average molecular weight is 321 g/mol. The Morgan fingerprint density at radius 3 is 1.85 bits per heavy atom. The smallest absolute Gasteiger partial charge is 0.167 e. The van der Waals surface area contributed by atoms with Gasteiger partial charge in [0.15, 0.2) is 0 Å². The van der Waals surface area contributed by atoms with E-state index in [0.29, 0.717) is 28.7 Å². The molecule has 112 valence electrons. The van der Waals surface area contributed by atoms with E-state index in [0.717, 1.165) is 0 Å². The summed E-state index contributed by atoms with van der Waals surface area (Å²) < 4.78 is 40.4. The maximum atomic E-state index is 13.5. The highest BCUT2D eigenvalue weighted by molar-refractivity contribution is 6.87. The van der Waals surface area contributed by atoms with Gasteiger partial charge in [0.05, 0.1) is 8.07 Å². The third-order valence-corrected chi connectivity index (χ3v) is 9.97. The molecule has 1 aromatic carbocycles. The van der Waals surface area contributed by atoms with Crippen LogP contribution >= 0.6 is 11.6 Å². The Kier molecular flexibility index (Phi) is 5.89. The summed E-state index contributed by atoms with van der Waals surface area (Å²) in [6, 6.07) is 8.34. The summed E-state index contributed by atoms with van der Waals surface area (Å²) in [6.45, 7) is 5.63. The molecule has 0 aliphatic carbocycles. The Hall–Kier alpha value is -0.743. The second-order valence-corrected chi connectivity index (χ2v) is 10.6. The van der Waals surface area contributed by atoms with Gasteiger partial charge in [-0.15, -0.1) is 0 Å². The Morgan fingerprint density at radius 2 is 1.50 bits per heavy atom. The molecule has 0 atom stereocenters. The second kappa shape index (κ2) is 6.81. The van der Waals surface area contributed by atoms with Crippen LogP contribution in [0.1, 0.15) is 26.3 Å². The van der Waals surface area contributed by atoms with Crippen LogP contribution in [0.4, 0.5) is 13.2 Å². The van der Waals surface area contributed by atoms with E-state index in [2.05, 4.69) is 0 Å². The second-order valence-electron chi connectivity index (χ2n) is 4.95. The number of hydrogen-bond acceptors (Lipinski definition) is 0. The number of allylic oxidation sites excluding steroid dienone is 1. The lowest BCUT2D eigenvalue weighted by Crippen LogP contribution is -2.41. The molecular weight excluding hydrogens is 301 g/mol. The first-order valence-electron chi connectivity index (χ1n) is 6.84. The molecule has 0 nitrogen and oxygen atoms in total. The minimum absolute atomic E-state index is 0.306. The molecule has 20 heavy (non-hydrogen) atoms. The largest absolute Gasteiger partial charge is 0.409 e. The standard InChI is InChI=1S/C15H20ClF3Si/c1-4-20(5-2,6-3)14(15(17,18)19)11-12-7-9-13(16)10-8-12/h7-11H,4-6H2,1-3H3/b14-11+. The van der Waals surface area contributed by atoms with E-state index in [-0.39, 0.29) is 5.20 Å². The zero-order valence-electron chi connectivity index (χ0n) is 12.0. The third kappa shape index (κ3) is 3.89. The van der Waals surface area contributed by atoms with Crippen LogP contribution in [0.25, 0.3) is 6.08 Å². The van der Waals surface area contributed by atoms with E-state index in [1.165, 1.54) is 6.08 Å². The molecule has 0 saturated heterocycles. The number of alkyl halides is 3. The van der Waals surface area contributed by atoms with Crippen molar-refractivity contribution in [2.24, 2.45) is 0 Å². The van der Waals surface area contributed by atoms with Gasteiger partial charge in [-0.3, -0.25) is 0 Å². The fourth-order valence-electron chi connectivity index (χ4n) is 2.58. The molecule has 0 radical (unpaired) electrons. The van der Waals surface area contributed by atoms with Crippen molar-refractivity contribution in [3.63, 3.8) is 0 Å². The average Bonchev–Trinajstić information content (AvgIpc) is 2.41. The minimum Gasteiger partial charge on any atom is -0.167 e. The maximum Gasteiger partial charge on any atom is 0.409 e. The van der Waals surface area contributed by atoms with Gasteiger partial charge in [0.2, 0.25) is 0 Å². The first kappa shape index (κ1) is 17.3. The molecule has 0 bridgehead atoms. The number of halogens is 4. The van der Waals surface area contributed by atoms with Crippen LogP contribution in [-0.2, 0) is 0 Å². The first-order chi connectivity index (χ1) is 9.29. The lowest BCUT2D eigenvalue weighted by Gasteiger charge is -2.32. The number of hydrogen-bond donors (Lipinski definition) is 0. The zero-order chi connectivity index (χ0) is 15.4. The lowest BCUT2D eigenvalue weighted by molar-refractivity contribution is -0.0850. The molecule has 0 aromatic heterocycles. The molecule has 1 aromatic rings. The summed E-state index contributed by atoms with van der Waals surface area (Å²) in [5.74, 6) is 0. The Balaban J connectivity index is 3.36. The fraction of sp³-hybridized carbons (Fsp3) is 0.467. The van der Waals surface area contributed by atoms with Crippen LogP contribution in [0.15, 0.2) is 29.5 Å². The molecule has 0 saturated carbocycles. The van der Waals surface area contributed by atoms with Crippen LogP contribution in [0.2, 0.25) is 23.2 Å². The van der Waals surface area contributed by atoms with Crippen LogP contribution in [0.5, 0.6) is 0 Å². The van der Waals surface area contributed by atoms with Crippen molar-refractivity contribution < 1.29 is 13.2 Å². The summed E-state index contributed by atoms with van der Waals surface area (Å²) in [6.07, 6.45) is -2.94. The Morgan fingerprint density at radius 1 is 1.05 bits per heavy atom. The van der Waals surface area contributed by atoms with Gasteiger partial charge in [-0.1, -0.05) is 68.7 Å². The summed E-state index contributed by atoms with van der Waals surface area (Å²) in [7, 11) is -2.48. The predicted octanol–water partition coefficient (Wildman–Crippen LogP) is 6.33. The fourth-order valence-corrected chi connectivity index (χ4v) is 6.43. The van der Waals surface area contributed by atoms with E-state index >= 15 is 0 Å². The highest BCUT2D eigenvalue weighted by Crippen LogP contribution is 2.40. The first-order valence-corrected chi connectivity index (χ1v) is 9.84. The molecule has 0 amide bonds. The normalized spacial score (nSPS) is 13.7. The molecule has 0 aliphatic rings. The monoisotopic (exact) mass is 320 g/mol. The Bertz CT molecular complexity index is 451. The molecular formula is C15H20ClF3Si. The van der Waals surface area contributed by atoms with E-state index in [4.69, 9.17) is 11.6 Å². The molecule has 5 heteroatoms. The SMILES string of the molecule is CC[Si](CC)(CC)/C(=C/c1ccc(Cl)cc1)C(F)(F)F. The summed E-state index contributed by atoms with van der Waals surface area (Å²) >= 11 is 5.78. The lowest BCUT2D eigenvalue weighted by atomic mass is 10.2. The van der Waals surface area contributed by atoms with Crippen molar-refractivity contribution in [3.05, 3.63) is 40.0 Å². The maximum absolute atomic E-state index is 13.5. The number of rotatable bonds is 5. The van der Waals surface area contributed by atoms with Crippen LogP contribution in [0.3, 0.4) is 0 Å². The van der Waals surface area contributed by atoms with Crippen molar-refractivity contribution in [2.45, 2.75) is 45.1 Å².